The minimum Gasteiger partial charge on any atom is -0.468 e. The Morgan fingerprint density at radius 3 is 2.48 bits per heavy atom. The summed E-state index contributed by atoms with van der Waals surface area (Å²) in [6.07, 6.45) is 5.77. The average molecular weight is 342 g/mol. The number of rotatable bonds is 4. The van der Waals surface area contributed by atoms with Crippen LogP contribution in [0.15, 0.2) is 32.5 Å². The molecule has 1 fully saturated rings. The molecule has 0 aromatic carbocycles. The molecule has 0 aliphatic heterocycles. The molecule has 1 saturated carbocycles. The normalized spacial score (nSPS) is 33.9. The van der Waals surface area contributed by atoms with Crippen molar-refractivity contribution in [2.24, 2.45) is 17.3 Å². The van der Waals surface area contributed by atoms with E-state index in [1.54, 1.807) is 14.0 Å². The van der Waals surface area contributed by atoms with E-state index < -0.39 is 0 Å². The average Bonchev–Trinajstić information content (AvgIpc) is 2.86. The van der Waals surface area contributed by atoms with Gasteiger partial charge >= 0.3 is 0 Å². The highest BCUT2D eigenvalue weighted by Crippen LogP contribution is 2.78. The minimum absolute atomic E-state index is 0.0194. The molecule has 3 rings (SSSR count). The lowest BCUT2D eigenvalue weighted by Gasteiger charge is -2.24. The van der Waals surface area contributed by atoms with Gasteiger partial charge in [-0.05, 0) is 40.0 Å². The number of ether oxygens (including phenoxy) is 1. The fraction of sp³-hybridized carbons (Fsp3) is 0.591. The zero-order chi connectivity index (χ0) is 18.7. The smallest absolute Gasteiger partial charge is 0.291 e. The van der Waals surface area contributed by atoms with Crippen LogP contribution in [0.1, 0.15) is 57.9 Å². The standard InChI is InChI=1S/C22H30O3/c1-9-10-12(2)16-13(3)11-21(6)18(16)22(21,7)19-14(4)17(23)15(5)20(24-8)25-19/h10-11,16,18H,9H2,1-8H3/b12-10-/t16-,18+,21-,22+/m0/s1. The Morgan fingerprint density at radius 1 is 1.28 bits per heavy atom. The van der Waals surface area contributed by atoms with E-state index in [4.69, 9.17) is 9.15 Å². The molecule has 2 aliphatic rings. The number of hydrogen-bond acceptors (Lipinski definition) is 3. The topological polar surface area (TPSA) is 39.4 Å². The molecule has 2 aliphatic carbocycles. The molecule has 25 heavy (non-hydrogen) atoms. The van der Waals surface area contributed by atoms with Crippen LogP contribution in [0, 0.1) is 31.1 Å². The monoisotopic (exact) mass is 342 g/mol. The summed E-state index contributed by atoms with van der Waals surface area (Å²) in [5.74, 6) is 1.99. The highest BCUT2D eigenvalue weighted by molar-refractivity contribution is 5.52. The fourth-order valence-corrected chi connectivity index (χ4v) is 5.48. The zero-order valence-corrected chi connectivity index (χ0v) is 16.7. The second-order valence-corrected chi connectivity index (χ2v) is 8.19. The van der Waals surface area contributed by atoms with Gasteiger partial charge in [0.25, 0.3) is 5.95 Å². The van der Waals surface area contributed by atoms with E-state index >= 15 is 0 Å². The molecule has 0 unspecified atom stereocenters. The molecule has 1 heterocycles. The van der Waals surface area contributed by atoms with E-state index in [9.17, 15) is 4.79 Å². The van der Waals surface area contributed by atoms with Gasteiger partial charge in [-0.25, -0.2) is 0 Å². The summed E-state index contributed by atoms with van der Waals surface area (Å²) in [4.78, 5) is 12.7. The Labute approximate surface area is 150 Å². The van der Waals surface area contributed by atoms with Gasteiger partial charge in [0, 0.05) is 22.3 Å². The number of fused-ring (bicyclic) bond motifs is 1. The third kappa shape index (κ3) is 2.14. The van der Waals surface area contributed by atoms with E-state index in [-0.39, 0.29) is 16.3 Å². The van der Waals surface area contributed by atoms with Crippen molar-refractivity contribution >= 4 is 0 Å². The second kappa shape index (κ2) is 5.62. The van der Waals surface area contributed by atoms with Crippen LogP contribution in [0.3, 0.4) is 0 Å². The van der Waals surface area contributed by atoms with Crippen LogP contribution in [-0.2, 0) is 5.41 Å². The summed E-state index contributed by atoms with van der Waals surface area (Å²) in [6, 6.07) is 0. The van der Waals surface area contributed by atoms with Crippen LogP contribution < -0.4 is 10.2 Å². The van der Waals surface area contributed by atoms with Crippen molar-refractivity contribution in [1.82, 2.24) is 0 Å². The molecular formula is C22H30O3. The number of allylic oxidation sites excluding steroid dienone is 4. The van der Waals surface area contributed by atoms with Crippen LogP contribution in [0.25, 0.3) is 0 Å². The summed E-state index contributed by atoms with van der Waals surface area (Å²) in [6.45, 7) is 14.8. The molecule has 0 radical (unpaired) electrons. The molecule has 0 bridgehead atoms. The minimum atomic E-state index is -0.176. The van der Waals surface area contributed by atoms with Crippen LogP contribution in [-0.4, -0.2) is 7.11 Å². The SMILES string of the molecule is CC/C=C(/C)[C@H]1C(C)=C[C@@]2(C)[C@@H]1[C@]2(C)c1oc(OC)c(C)c(=O)c1C. The molecule has 1 aromatic rings. The summed E-state index contributed by atoms with van der Waals surface area (Å²) in [5.41, 5.74) is 4.01. The van der Waals surface area contributed by atoms with Gasteiger partial charge in [0.15, 0.2) is 5.43 Å². The number of hydrogen-bond donors (Lipinski definition) is 0. The van der Waals surface area contributed by atoms with Gasteiger partial charge < -0.3 is 9.15 Å². The van der Waals surface area contributed by atoms with Crippen LogP contribution in [0.4, 0.5) is 0 Å². The summed E-state index contributed by atoms with van der Waals surface area (Å²) in [7, 11) is 1.56. The Morgan fingerprint density at radius 2 is 1.92 bits per heavy atom. The first kappa shape index (κ1) is 18.0. The molecule has 0 amide bonds. The summed E-state index contributed by atoms with van der Waals surface area (Å²) >= 11 is 0. The maximum atomic E-state index is 12.7. The van der Waals surface area contributed by atoms with Crippen LogP contribution in [0.2, 0.25) is 0 Å². The van der Waals surface area contributed by atoms with Gasteiger partial charge in [0.05, 0.1) is 12.7 Å². The van der Waals surface area contributed by atoms with Crippen molar-refractivity contribution < 1.29 is 9.15 Å². The summed E-state index contributed by atoms with van der Waals surface area (Å²) < 4.78 is 11.5. The first-order valence-electron chi connectivity index (χ1n) is 9.19. The molecule has 4 atom stereocenters. The maximum absolute atomic E-state index is 12.7. The van der Waals surface area contributed by atoms with Crippen molar-refractivity contribution in [2.45, 2.75) is 60.3 Å². The lowest BCUT2D eigenvalue weighted by Crippen LogP contribution is -2.23. The fourth-order valence-electron chi connectivity index (χ4n) is 5.48. The maximum Gasteiger partial charge on any atom is 0.291 e. The number of methoxy groups -OCH3 is 1. The van der Waals surface area contributed by atoms with Crippen molar-refractivity contribution in [3.8, 4) is 5.95 Å². The van der Waals surface area contributed by atoms with Gasteiger partial charge in [-0.2, -0.15) is 0 Å². The Bertz CT molecular complexity index is 842. The predicted molar refractivity (Wildman–Crippen MR) is 101 cm³/mol. The first-order chi connectivity index (χ1) is 11.6. The van der Waals surface area contributed by atoms with Crippen molar-refractivity contribution in [1.29, 1.82) is 0 Å². The van der Waals surface area contributed by atoms with Gasteiger partial charge in [-0.15, -0.1) is 0 Å². The molecule has 0 spiro atoms. The third-order valence-electron chi connectivity index (χ3n) is 6.85. The van der Waals surface area contributed by atoms with E-state index in [0.717, 1.165) is 17.7 Å². The largest absolute Gasteiger partial charge is 0.468 e. The lowest BCUT2D eigenvalue weighted by atomic mass is 9.82. The second-order valence-electron chi connectivity index (χ2n) is 8.19. The van der Waals surface area contributed by atoms with E-state index in [0.29, 0.717) is 23.3 Å². The van der Waals surface area contributed by atoms with E-state index in [1.807, 2.05) is 6.92 Å². The van der Waals surface area contributed by atoms with Gasteiger partial charge in [0.2, 0.25) is 0 Å². The Balaban J connectivity index is 2.16. The molecule has 0 N–H and O–H groups in total. The van der Waals surface area contributed by atoms with Crippen LogP contribution in [0.5, 0.6) is 5.95 Å². The zero-order valence-electron chi connectivity index (χ0n) is 16.7. The molecular weight excluding hydrogens is 312 g/mol. The molecule has 1 aromatic heterocycles. The molecule has 0 saturated heterocycles. The van der Waals surface area contributed by atoms with Crippen molar-refractivity contribution in [3.63, 3.8) is 0 Å². The van der Waals surface area contributed by atoms with Gasteiger partial charge in [-0.3, -0.25) is 4.79 Å². The predicted octanol–water partition coefficient (Wildman–Crippen LogP) is 5.09. The van der Waals surface area contributed by atoms with Crippen molar-refractivity contribution in [3.05, 3.63) is 50.4 Å². The first-order valence-corrected chi connectivity index (χ1v) is 9.19. The molecule has 136 valence electrons. The van der Waals surface area contributed by atoms with E-state index in [1.165, 1.54) is 11.1 Å². The third-order valence-corrected chi connectivity index (χ3v) is 6.85. The molecule has 3 nitrogen and oxygen atoms in total. The van der Waals surface area contributed by atoms with E-state index in [2.05, 4.69) is 46.8 Å². The Hall–Kier alpha value is -1.77. The van der Waals surface area contributed by atoms with Crippen LogP contribution >= 0.6 is 0 Å². The highest BCUT2D eigenvalue weighted by atomic mass is 16.6. The summed E-state index contributed by atoms with van der Waals surface area (Å²) in [5, 5.41) is 0. The lowest BCUT2D eigenvalue weighted by molar-refractivity contribution is 0.262. The van der Waals surface area contributed by atoms with Gasteiger partial charge in [-0.1, -0.05) is 44.1 Å². The highest BCUT2D eigenvalue weighted by Gasteiger charge is 2.77. The van der Waals surface area contributed by atoms with Crippen molar-refractivity contribution in [2.75, 3.05) is 7.11 Å². The van der Waals surface area contributed by atoms with Gasteiger partial charge in [0.1, 0.15) is 5.76 Å². The Kier molecular flexibility index (Phi) is 4.05. The molecule has 3 heteroatoms. The quantitative estimate of drug-likeness (QED) is 0.715.